The number of nitrogens with zero attached hydrogens (tertiary/aromatic N) is 1. The van der Waals surface area contributed by atoms with Gasteiger partial charge >= 0.3 is 5.97 Å². The third-order valence-electron chi connectivity index (χ3n) is 5.44. The fourth-order valence-corrected chi connectivity index (χ4v) is 4.61. The quantitative estimate of drug-likeness (QED) is 0.412. The van der Waals surface area contributed by atoms with Crippen molar-refractivity contribution >= 4 is 21.9 Å². The molecule has 0 unspecified atom stereocenters. The lowest BCUT2D eigenvalue weighted by molar-refractivity contribution is -0.153. The van der Waals surface area contributed by atoms with Gasteiger partial charge in [-0.1, -0.05) is 78.4 Å². The molecule has 0 fully saturated rings. The van der Waals surface area contributed by atoms with Crippen LogP contribution >= 0.6 is 0 Å². The van der Waals surface area contributed by atoms with Crippen LogP contribution in [0.25, 0.3) is 0 Å². The molecule has 184 valence electrons. The van der Waals surface area contributed by atoms with E-state index in [1.807, 2.05) is 67.6 Å². The van der Waals surface area contributed by atoms with Gasteiger partial charge in [-0.25, -0.2) is 8.42 Å². The molecule has 1 atom stereocenters. The van der Waals surface area contributed by atoms with E-state index in [4.69, 9.17) is 4.74 Å². The van der Waals surface area contributed by atoms with Gasteiger partial charge in [-0.3, -0.25) is 9.59 Å². The number of rotatable bonds is 11. The van der Waals surface area contributed by atoms with Crippen molar-refractivity contribution in [2.75, 3.05) is 13.2 Å². The minimum absolute atomic E-state index is 0.0498. The smallest absolute Gasteiger partial charge is 0.324 e. The number of esters is 1. The molecule has 3 aromatic rings. The molecule has 3 rings (SSSR count). The highest BCUT2D eigenvalue weighted by atomic mass is 32.2. The second-order valence-electron chi connectivity index (χ2n) is 8.30. The van der Waals surface area contributed by atoms with E-state index in [1.165, 1.54) is 19.1 Å². The van der Waals surface area contributed by atoms with Gasteiger partial charge in [0.25, 0.3) is 5.91 Å². The standard InChI is InChI=1S/C27H30N2O5S/c1-21-13-15-25(16-14-21)35(32,33)28-22(2)27(31)34-20-26(30)29(19-24-11-7-4-8-12-24)18-17-23-9-5-3-6-10-23/h3-16,22,28H,17-20H2,1-2H3/t22-/m0/s1. The van der Waals surface area contributed by atoms with Crippen LogP contribution < -0.4 is 4.72 Å². The monoisotopic (exact) mass is 494 g/mol. The number of hydrogen-bond donors (Lipinski definition) is 1. The first-order chi connectivity index (χ1) is 16.7. The third kappa shape index (κ3) is 8.05. The van der Waals surface area contributed by atoms with Crippen LogP contribution in [-0.4, -0.2) is 44.4 Å². The topological polar surface area (TPSA) is 92.8 Å². The van der Waals surface area contributed by atoms with Crippen molar-refractivity contribution in [1.82, 2.24) is 9.62 Å². The van der Waals surface area contributed by atoms with E-state index in [0.717, 1.165) is 16.7 Å². The van der Waals surface area contributed by atoms with Gasteiger partial charge in [0.05, 0.1) is 4.90 Å². The van der Waals surface area contributed by atoms with E-state index in [1.54, 1.807) is 17.0 Å². The van der Waals surface area contributed by atoms with Gasteiger partial charge in [0.1, 0.15) is 6.04 Å². The van der Waals surface area contributed by atoms with Crippen molar-refractivity contribution in [3.05, 3.63) is 102 Å². The number of benzene rings is 3. The molecule has 0 radical (unpaired) electrons. The first-order valence-electron chi connectivity index (χ1n) is 11.4. The highest BCUT2D eigenvalue weighted by Gasteiger charge is 2.24. The van der Waals surface area contributed by atoms with Gasteiger partial charge in [-0.2, -0.15) is 4.72 Å². The van der Waals surface area contributed by atoms with Gasteiger partial charge in [-0.05, 0) is 43.5 Å². The predicted molar refractivity (Wildman–Crippen MR) is 134 cm³/mol. The zero-order valence-corrected chi connectivity index (χ0v) is 20.7. The predicted octanol–water partition coefficient (Wildman–Crippen LogP) is 3.48. The highest BCUT2D eigenvalue weighted by Crippen LogP contribution is 2.11. The number of aryl methyl sites for hydroxylation is 1. The molecule has 0 heterocycles. The number of hydrogen-bond acceptors (Lipinski definition) is 5. The van der Waals surface area contributed by atoms with Gasteiger partial charge in [0.2, 0.25) is 10.0 Å². The molecule has 0 saturated carbocycles. The summed E-state index contributed by atoms with van der Waals surface area (Å²) in [6, 6.07) is 24.5. The van der Waals surface area contributed by atoms with E-state index >= 15 is 0 Å². The van der Waals surface area contributed by atoms with Gasteiger partial charge in [0.15, 0.2) is 6.61 Å². The average molecular weight is 495 g/mol. The van der Waals surface area contributed by atoms with Gasteiger partial charge in [0, 0.05) is 13.1 Å². The van der Waals surface area contributed by atoms with Crippen molar-refractivity contribution in [3.63, 3.8) is 0 Å². The molecule has 0 aliphatic rings. The van der Waals surface area contributed by atoms with Crippen molar-refractivity contribution in [3.8, 4) is 0 Å². The lowest BCUT2D eigenvalue weighted by atomic mass is 10.1. The molecule has 3 aromatic carbocycles. The number of carbonyl (C=O) groups excluding carboxylic acids is 2. The number of carbonyl (C=O) groups is 2. The zero-order valence-electron chi connectivity index (χ0n) is 19.9. The minimum atomic E-state index is -3.90. The first-order valence-corrected chi connectivity index (χ1v) is 12.8. The Morgan fingerprint density at radius 3 is 2.06 bits per heavy atom. The van der Waals surface area contributed by atoms with Crippen LogP contribution in [0.4, 0.5) is 0 Å². The molecular weight excluding hydrogens is 464 g/mol. The molecule has 7 nitrogen and oxygen atoms in total. The summed E-state index contributed by atoms with van der Waals surface area (Å²) in [5, 5.41) is 0. The van der Waals surface area contributed by atoms with Gasteiger partial charge in [-0.15, -0.1) is 0 Å². The lowest BCUT2D eigenvalue weighted by Crippen LogP contribution is -2.41. The highest BCUT2D eigenvalue weighted by molar-refractivity contribution is 7.89. The Morgan fingerprint density at radius 1 is 0.886 bits per heavy atom. The van der Waals surface area contributed by atoms with Crippen molar-refractivity contribution in [2.45, 2.75) is 37.8 Å². The first kappa shape index (κ1) is 26.1. The third-order valence-corrected chi connectivity index (χ3v) is 6.99. The van der Waals surface area contributed by atoms with Crippen LogP contribution in [-0.2, 0) is 37.3 Å². The maximum Gasteiger partial charge on any atom is 0.324 e. The van der Waals surface area contributed by atoms with Crippen molar-refractivity contribution in [1.29, 1.82) is 0 Å². The summed E-state index contributed by atoms with van der Waals surface area (Å²) >= 11 is 0. The molecular formula is C27H30N2O5S. The molecule has 35 heavy (non-hydrogen) atoms. The Hall–Kier alpha value is -3.49. The maximum absolute atomic E-state index is 12.9. The maximum atomic E-state index is 12.9. The van der Waals surface area contributed by atoms with E-state index in [-0.39, 0.29) is 10.8 Å². The number of ether oxygens (including phenoxy) is 1. The molecule has 0 spiro atoms. The summed E-state index contributed by atoms with van der Waals surface area (Å²) in [4.78, 5) is 27.1. The molecule has 1 amide bonds. The summed E-state index contributed by atoms with van der Waals surface area (Å²) in [7, 11) is -3.90. The Morgan fingerprint density at radius 2 is 1.46 bits per heavy atom. The average Bonchev–Trinajstić information content (AvgIpc) is 2.86. The SMILES string of the molecule is Cc1ccc(S(=O)(=O)N[C@@H](C)C(=O)OCC(=O)N(CCc2ccccc2)Cc2ccccc2)cc1. The van der Waals surface area contributed by atoms with Crippen molar-refractivity contribution in [2.24, 2.45) is 0 Å². The normalized spacial score (nSPS) is 12.1. The van der Waals surface area contributed by atoms with Gasteiger partial charge < -0.3 is 9.64 Å². The van der Waals surface area contributed by atoms with E-state index < -0.39 is 28.6 Å². The van der Waals surface area contributed by atoms with Crippen LogP contribution in [0, 0.1) is 6.92 Å². The molecule has 1 N–H and O–H groups in total. The Bertz CT molecular complexity index is 1210. The van der Waals surface area contributed by atoms with Crippen LogP contribution in [0.1, 0.15) is 23.6 Å². The second-order valence-corrected chi connectivity index (χ2v) is 10.0. The lowest BCUT2D eigenvalue weighted by Gasteiger charge is -2.23. The summed E-state index contributed by atoms with van der Waals surface area (Å²) in [5.41, 5.74) is 2.97. The Kier molecular flexibility index (Phi) is 9.17. The zero-order chi connectivity index (χ0) is 25.3. The van der Waals surface area contributed by atoms with Crippen molar-refractivity contribution < 1.29 is 22.7 Å². The fraction of sp³-hybridized carbons (Fsp3) is 0.259. The number of nitrogens with one attached hydrogen (secondary N) is 1. The minimum Gasteiger partial charge on any atom is -0.454 e. The fourth-order valence-electron chi connectivity index (χ4n) is 3.42. The Balaban J connectivity index is 1.59. The van der Waals surface area contributed by atoms with Crippen LogP contribution in [0.15, 0.2) is 89.8 Å². The Labute approximate surface area is 206 Å². The van der Waals surface area contributed by atoms with E-state index in [0.29, 0.717) is 19.5 Å². The number of sulfonamides is 1. The largest absolute Gasteiger partial charge is 0.454 e. The molecule has 0 aromatic heterocycles. The molecule has 8 heteroatoms. The second kappa shape index (κ2) is 12.3. The van der Waals surface area contributed by atoms with Crippen LogP contribution in [0.3, 0.4) is 0 Å². The molecule has 0 aliphatic heterocycles. The molecule has 0 bridgehead atoms. The number of amides is 1. The van der Waals surface area contributed by atoms with E-state index in [2.05, 4.69) is 4.72 Å². The summed E-state index contributed by atoms with van der Waals surface area (Å²) < 4.78 is 32.6. The summed E-state index contributed by atoms with van der Waals surface area (Å²) in [6.45, 7) is 3.58. The molecule has 0 saturated heterocycles. The summed E-state index contributed by atoms with van der Waals surface area (Å²) in [5.74, 6) is -1.18. The van der Waals surface area contributed by atoms with E-state index in [9.17, 15) is 18.0 Å². The summed E-state index contributed by atoms with van der Waals surface area (Å²) in [6.07, 6.45) is 0.653. The molecule has 0 aliphatic carbocycles. The van der Waals surface area contributed by atoms with Crippen LogP contribution in [0.5, 0.6) is 0 Å². The van der Waals surface area contributed by atoms with Crippen LogP contribution in [0.2, 0.25) is 0 Å².